The van der Waals surface area contributed by atoms with Gasteiger partial charge in [0.15, 0.2) is 5.65 Å². The average Bonchev–Trinajstić information content (AvgIpc) is 3.44. The lowest BCUT2D eigenvalue weighted by molar-refractivity contribution is -0.0299. The van der Waals surface area contributed by atoms with Crippen molar-refractivity contribution in [1.82, 2.24) is 29.2 Å². The molecule has 1 saturated heterocycles. The maximum atomic E-state index is 13.3. The number of nitrogens with zero attached hydrogens (tertiary/aromatic N) is 6. The van der Waals surface area contributed by atoms with Crippen LogP contribution in [0.25, 0.3) is 27.8 Å². The van der Waals surface area contributed by atoms with E-state index >= 15 is 0 Å². The Balaban J connectivity index is 1.16. The molecule has 1 fully saturated rings. The number of carbonyl (C=O) groups excluding carboxylic acids is 1. The zero-order valence-electron chi connectivity index (χ0n) is 22.0. The molecule has 1 N–H and O–H groups in total. The fourth-order valence-corrected chi connectivity index (χ4v) is 5.09. The molecule has 0 bridgehead atoms. The van der Waals surface area contributed by atoms with Gasteiger partial charge in [0.2, 0.25) is 5.88 Å². The van der Waals surface area contributed by atoms with Crippen molar-refractivity contribution in [2.45, 2.75) is 25.0 Å². The number of hydrogen-bond acceptors (Lipinski definition) is 7. The first-order chi connectivity index (χ1) is 19.4. The van der Waals surface area contributed by atoms with Crippen molar-refractivity contribution in [1.29, 1.82) is 0 Å². The van der Waals surface area contributed by atoms with E-state index in [-0.39, 0.29) is 18.0 Å². The van der Waals surface area contributed by atoms with Crippen LogP contribution >= 0.6 is 0 Å². The minimum Gasteiger partial charge on any atom is -0.481 e. The summed E-state index contributed by atoms with van der Waals surface area (Å²) < 4.78 is 8.12. The van der Waals surface area contributed by atoms with Gasteiger partial charge in [0.05, 0.1) is 36.7 Å². The van der Waals surface area contributed by atoms with Crippen LogP contribution in [0.5, 0.6) is 5.88 Å². The number of methoxy groups -OCH3 is 1. The Kier molecular flexibility index (Phi) is 6.61. The molecule has 2 aromatic carbocycles. The topological polar surface area (TPSA) is 115 Å². The molecule has 6 rings (SSSR count). The lowest BCUT2D eigenvalue weighted by Crippen LogP contribution is -2.49. The molecular weight excluding hydrogens is 508 g/mol. The Bertz CT molecular complexity index is 1700. The summed E-state index contributed by atoms with van der Waals surface area (Å²) in [6, 6.07) is 21.3. The molecule has 5 aromatic rings. The highest BCUT2D eigenvalue weighted by Gasteiger charge is 2.35. The molecule has 1 aliphatic rings. The highest BCUT2D eigenvalue weighted by molar-refractivity contribution is 5.94. The molecule has 3 aromatic heterocycles. The maximum absolute atomic E-state index is 13.3. The van der Waals surface area contributed by atoms with Crippen molar-refractivity contribution in [3.63, 3.8) is 0 Å². The fourth-order valence-electron chi connectivity index (χ4n) is 5.09. The van der Waals surface area contributed by atoms with E-state index in [1.165, 1.54) is 30.4 Å². The van der Waals surface area contributed by atoms with E-state index in [1.54, 1.807) is 21.7 Å². The summed E-state index contributed by atoms with van der Waals surface area (Å²) in [7, 11) is 1.52. The molecular formula is C30H28N6O4. The second-order valence-electron chi connectivity index (χ2n) is 9.99. The Morgan fingerprint density at radius 2 is 1.68 bits per heavy atom. The van der Waals surface area contributed by atoms with Gasteiger partial charge in [-0.2, -0.15) is 5.10 Å². The molecule has 0 unspecified atom stereocenters. The van der Waals surface area contributed by atoms with Crippen molar-refractivity contribution in [2.75, 3.05) is 20.2 Å². The third-order valence-electron chi connectivity index (χ3n) is 7.41. The molecule has 0 aliphatic carbocycles. The van der Waals surface area contributed by atoms with E-state index in [0.717, 1.165) is 16.8 Å². The largest absolute Gasteiger partial charge is 0.481 e. The summed E-state index contributed by atoms with van der Waals surface area (Å²) in [5.41, 5.74) is 2.50. The van der Waals surface area contributed by atoms with E-state index < -0.39 is 5.60 Å². The van der Waals surface area contributed by atoms with Crippen LogP contribution in [0.15, 0.2) is 90.2 Å². The second kappa shape index (κ2) is 10.4. The Labute approximate surface area is 230 Å². The number of carbonyl (C=O) groups is 1. The van der Waals surface area contributed by atoms with Gasteiger partial charge in [-0.1, -0.05) is 42.5 Å². The summed E-state index contributed by atoms with van der Waals surface area (Å²) in [6.07, 6.45) is 5.13. The predicted octanol–water partition coefficient (Wildman–Crippen LogP) is 3.32. The normalized spacial score (nSPS) is 14.8. The lowest BCUT2D eigenvalue weighted by Gasteiger charge is -2.38. The van der Waals surface area contributed by atoms with Gasteiger partial charge in [-0.05, 0) is 42.2 Å². The van der Waals surface area contributed by atoms with Gasteiger partial charge in [-0.25, -0.2) is 14.6 Å². The zero-order valence-corrected chi connectivity index (χ0v) is 22.0. The van der Waals surface area contributed by atoms with E-state index in [2.05, 4.69) is 27.2 Å². The van der Waals surface area contributed by atoms with Crippen molar-refractivity contribution in [2.24, 2.45) is 0 Å². The van der Waals surface area contributed by atoms with Gasteiger partial charge in [-0.3, -0.25) is 14.2 Å². The predicted molar refractivity (Wildman–Crippen MR) is 149 cm³/mol. The van der Waals surface area contributed by atoms with E-state index in [0.29, 0.717) is 48.4 Å². The van der Waals surface area contributed by atoms with Gasteiger partial charge >= 0.3 is 0 Å². The molecule has 0 spiro atoms. The number of benzene rings is 2. The molecule has 0 atom stereocenters. The lowest BCUT2D eigenvalue weighted by atomic mass is 9.91. The standard InChI is InChI=1S/C30H28N6O4/c1-40-26-12-9-23(17-31-26)28(37)34-15-13-30(39,14-16-34)19-35-20-32-27-25(29(35)38)18-33-36(27)24-10-7-22(8-11-24)21-5-3-2-4-6-21/h2-12,17-18,20,39H,13-16,19H2,1H3. The summed E-state index contributed by atoms with van der Waals surface area (Å²) in [6.45, 7) is 0.809. The number of piperidine rings is 1. The number of likely N-dealkylation sites (tertiary alicyclic amines) is 1. The average molecular weight is 537 g/mol. The highest BCUT2D eigenvalue weighted by atomic mass is 16.5. The van der Waals surface area contributed by atoms with Crippen LogP contribution in [-0.2, 0) is 6.54 Å². The van der Waals surface area contributed by atoms with Crippen LogP contribution < -0.4 is 10.3 Å². The van der Waals surface area contributed by atoms with Crippen LogP contribution in [0.1, 0.15) is 23.2 Å². The van der Waals surface area contributed by atoms with Gasteiger partial charge in [0, 0.05) is 25.4 Å². The summed E-state index contributed by atoms with van der Waals surface area (Å²) in [5.74, 6) is 0.286. The third-order valence-corrected chi connectivity index (χ3v) is 7.41. The number of fused-ring (bicyclic) bond motifs is 1. The van der Waals surface area contributed by atoms with E-state index in [1.807, 2.05) is 42.5 Å². The number of hydrogen-bond donors (Lipinski definition) is 1. The van der Waals surface area contributed by atoms with Crippen molar-refractivity contribution < 1.29 is 14.6 Å². The smallest absolute Gasteiger partial charge is 0.264 e. The molecule has 0 radical (unpaired) electrons. The fraction of sp³-hybridized carbons (Fsp3) is 0.233. The van der Waals surface area contributed by atoms with Crippen LogP contribution in [-0.4, -0.2) is 66.0 Å². The first-order valence-corrected chi connectivity index (χ1v) is 13.0. The number of ether oxygens (including phenoxy) is 1. The Morgan fingerprint density at radius 1 is 0.950 bits per heavy atom. The molecule has 202 valence electrons. The first kappa shape index (κ1) is 25.4. The van der Waals surface area contributed by atoms with Crippen LogP contribution in [0.2, 0.25) is 0 Å². The van der Waals surface area contributed by atoms with Crippen LogP contribution in [0.3, 0.4) is 0 Å². The Morgan fingerprint density at radius 3 is 2.35 bits per heavy atom. The molecule has 4 heterocycles. The number of amides is 1. The molecule has 40 heavy (non-hydrogen) atoms. The number of aromatic nitrogens is 5. The first-order valence-electron chi connectivity index (χ1n) is 13.0. The van der Waals surface area contributed by atoms with Gasteiger partial charge in [0.1, 0.15) is 11.7 Å². The van der Waals surface area contributed by atoms with E-state index in [9.17, 15) is 14.7 Å². The van der Waals surface area contributed by atoms with Crippen molar-refractivity contribution in [3.05, 3.63) is 101 Å². The summed E-state index contributed by atoms with van der Waals surface area (Å²) in [4.78, 5) is 36.5. The number of rotatable bonds is 6. The Hall–Kier alpha value is -4.83. The quantitative estimate of drug-likeness (QED) is 0.354. The zero-order chi connectivity index (χ0) is 27.7. The summed E-state index contributed by atoms with van der Waals surface area (Å²) in [5, 5.41) is 16.1. The van der Waals surface area contributed by atoms with Crippen LogP contribution in [0.4, 0.5) is 0 Å². The molecule has 1 aliphatic heterocycles. The number of aliphatic hydroxyl groups is 1. The van der Waals surface area contributed by atoms with Crippen molar-refractivity contribution >= 4 is 16.9 Å². The number of pyridine rings is 1. The van der Waals surface area contributed by atoms with Crippen LogP contribution in [0, 0.1) is 0 Å². The van der Waals surface area contributed by atoms with Gasteiger partial charge < -0.3 is 14.7 Å². The minimum atomic E-state index is -1.14. The second-order valence-corrected chi connectivity index (χ2v) is 9.99. The molecule has 10 nitrogen and oxygen atoms in total. The van der Waals surface area contributed by atoms with Crippen molar-refractivity contribution in [3.8, 4) is 22.7 Å². The molecule has 10 heteroatoms. The highest BCUT2D eigenvalue weighted by Crippen LogP contribution is 2.26. The maximum Gasteiger partial charge on any atom is 0.264 e. The molecule has 1 amide bonds. The summed E-state index contributed by atoms with van der Waals surface area (Å²) >= 11 is 0. The minimum absolute atomic E-state index is 0.0812. The van der Waals surface area contributed by atoms with Gasteiger partial charge in [-0.15, -0.1) is 0 Å². The third kappa shape index (κ3) is 4.85. The molecule has 0 saturated carbocycles. The van der Waals surface area contributed by atoms with E-state index in [4.69, 9.17) is 4.74 Å². The monoisotopic (exact) mass is 536 g/mol. The SMILES string of the molecule is COc1ccc(C(=O)N2CCC(O)(Cn3cnc4c(cnn4-c4ccc(-c5ccccc5)cc4)c3=O)CC2)cn1. The van der Waals surface area contributed by atoms with Gasteiger partial charge in [0.25, 0.3) is 11.5 Å².